The van der Waals surface area contributed by atoms with Crippen molar-refractivity contribution in [2.45, 2.75) is 20.8 Å². The smallest absolute Gasteiger partial charge is 0.338 e. The Hall–Kier alpha value is -6.35. The Kier molecular flexibility index (Phi) is 11.0. The van der Waals surface area contributed by atoms with Gasteiger partial charge in [0.05, 0.1) is 0 Å². The monoisotopic (exact) mass is 646 g/mol. The number of ether oxygens (including phenoxy) is 4. The third-order valence-electron chi connectivity index (χ3n) is 6.73. The molecule has 9 heteroatoms. The number of esters is 3. The van der Waals surface area contributed by atoms with E-state index in [4.69, 9.17) is 18.9 Å². The third kappa shape index (κ3) is 8.67. The molecule has 0 spiro atoms. The maximum absolute atomic E-state index is 15.3. The highest BCUT2D eigenvalue weighted by molar-refractivity contribution is 5.91. The minimum atomic E-state index is -0.689. The molecule has 4 aromatic carbocycles. The first kappa shape index (κ1) is 34.5. The van der Waals surface area contributed by atoms with Crippen molar-refractivity contribution >= 4 is 36.5 Å². The molecule has 4 aromatic rings. The number of carbonyl (C=O) groups is 4. The minimum absolute atomic E-state index is 0.0133. The van der Waals surface area contributed by atoms with Crippen LogP contribution in [0.15, 0.2) is 115 Å². The van der Waals surface area contributed by atoms with E-state index < -0.39 is 23.7 Å². The van der Waals surface area contributed by atoms with Gasteiger partial charge >= 0.3 is 17.9 Å². The molecule has 48 heavy (non-hydrogen) atoms. The fourth-order valence-electron chi connectivity index (χ4n) is 4.17. The van der Waals surface area contributed by atoms with Crippen molar-refractivity contribution in [3.8, 4) is 45.3 Å². The average molecular weight is 647 g/mol. The first-order chi connectivity index (χ1) is 22.9. The summed E-state index contributed by atoms with van der Waals surface area (Å²) in [5.41, 5.74) is 4.13. The second-order valence-electron chi connectivity index (χ2n) is 10.7. The van der Waals surface area contributed by atoms with Crippen LogP contribution in [-0.4, -0.2) is 24.4 Å². The van der Waals surface area contributed by atoms with Crippen LogP contribution in [0.2, 0.25) is 0 Å². The summed E-state index contributed by atoms with van der Waals surface area (Å²) in [6.07, 6.45) is 3.38. The van der Waals surface area contributed by atoms with Crippen molar-refractivity contribution in [3.63, 3.8) is 0 Å². The van der Waals surface area contributed by atoms with Gasteiger partial charge in [-0.1, -0.05) is 80.4 Å². The van der Waals surface area contributed by atoms with Gasteiger partial charge in [-0.3, -0.25) is 4.79 Å². The van der Waals surface area contributed by atoms with E-state index in [0.717, 1.165) is 5.56 Å². The first-order valence-corrected chi connectivity index (χ1v) is 14.5. The van der Waals surface area contributed by atoms with Gasteiger partial charge in [0.2, 0.25) is 0 Å². The number of hydrogen-bond acceptors (Lipinski definition) is 8. The summed E-state index contributed by atoms with van der Waals surface area (Å²) in [6, 6.07) is 21.3. The van der Waals surface area contributed by atoms with E-state index in [2.05, 4.69) is 19.7 Å². The summed E-state index contributed by atoms with van der Waals surface area (Å²) in [7, 11) is 0. The second kappa shape index (κ2) is 15.3. The van der Waals surface area contributed by atoms with Gasteiger partial charge in [-0.15, -0.1) is 0 Å². The number of carbonyl (C=O) groups excluding carboxylic acids is 4. The average Bonchev–Trinajstić information content (AvgIpc) is 3.05. The third-order valence-corrected chi connectivity index (χ3v) is 6.73. The Morgan fingerprint density at radius 2 is 1.02 bits per heavy atom. The molecule has 0 atom stereocenters. The largest absolute Gasteiger partial charge is 0.425 e. The SMILES string of the molecule is C=C(C)C(=O)Oc1ccc(-c2ccc(-c3ccc(/C=C/c4ccc(OC(=O)C(=C)C)c(OC(=O)C(=C)C)c4)cc3F)cc2)cc1OC=O. The van der Waals surface area contributed by atoms with Gasteiger partial charge < -0.3 is 18.9 Å². The fraction of sp³-hybridized carbons (Fsp3) is 0.0769. The number of halogens is 1. The highest BCUT2D eigenvalue weighted by Crippen LogP contribution is 2.35. The van der Waals surface area contributed by atoms with E-state index >= 15 is 4.39 Å². The molecule has 0 heterocycles. The van der Waals surface area contributed by atoms with E-state index in [-0.39, 0.29) is 46.2 Å². The molecule has 0 radical (unpaired) electrons. The molecule has 0 saturated carbocycles. The van der Waals surface area contributed by atoms with Crippen LogP contribution in [0.5, 0.6) is 23.0 Å². The van der Waals surface area contributed by atoms with Gasteiger partial charge in [0.1, 0.15) is 5.82 Å². The Labute approximate surface area is 277 Å². The van der Waals surface area contributed by atoms with Crippen molar-refractivity contribution in [2.75, 3.05) is 0 Å². The molecule has 8 nitrogen and oxygen atoms in total. The van der Waals surface area contributed by atoms with E-state index in [1.807, 2.05) is 0 Å². The number of rotatable bonds is 12. The van der Waals surface area contributed by atoms with Crippen LogP contribution in [0.4, 0.5) is 4.39 Å². The molecule has 0 unspecified atom stereocenters. The van der Waals surface area contributed by atoms with Crippen LogP contribution >= 0.6 is 0 Å². The van der Waals surface area contributed by atoms with Gasteiger partial charge in [0.25, 0.3) is 6.47 Å². The Balaban J connectivity index is 1.53. The van der Waals surface area contributed by atoms with Crippen molar-refractivity contribution in [3.05, 3.63) is 132 Å². The quantitative estimate of drug-likeness (QED) is 0.0498. The van der Waals surface area contributed by atoms with Crippen molar-refractivity contribution in [2.24, 2.45) is 0 Å². The van der Waals surface area contributed by atoms with Crippen molar-refractivity contribution in [1.82, 2.24) is 0 Å². The molecule has 0 N–H and O–H groups in total. The summed E-state index contributed by atoms with van der Waals surface area (Å²) >= 11 is 0. The van der Waals surface area contributed by atoms with E-state index in [0.29, 0.717) is 27.8 Å². The topological polar surface area (TPSA) is 105 Å². The molecule has 0 saturated heterocycles. The number of hydrogen-bond donors (Lipinski definition) is 0. The highest BCUT2D eigenvalue weighted by Gasteiger charge is 2.16. The summed E-state index contributed by atoms with van der Waals surface area (Å²) in [5.74, 6) is -2.29. The van der Waals surface area contributed by atoms with Crippen molar-refractivity contribution in [1.29, 1.82) is 0 Å². The molecule has 0 aliphatic carbocycles. The Bertz CT molecular complexity index is 1990. The summed E-state index contributed by atoms with van der Waals surface area (Å²) < 4.78 is 36.2. The van der Waals surface area contributed by atoms with Crippen LogP contribution in [0.1, 0.15) is 31.9 Å². The lowest BCUT2D eigenvalue weighted by Gasteiger charge is -2.11. The highest BCUT2D eigenvalue weighted by atomic mass is 19.1. The normalized spacial score (nSPS) is 10.6. The summed E-state index contributed by atoms with van der Waals surface area (Å²) in [5, 5.41) is 0. The predicted octanol–water partition coefficient (Wildman–Crippen LogP) is 8.31. The summed E-state index contributed by atoms with van der Waals surface area (Å²) in [6.45, 7) is 15.4. The zero-order chi connectivity index (χ0) is 35.0. The van der Waals surface area contributed by atoms with Crippen LogP contribution in [-0.2, 0) is 19.2 Å². The molecule has 0 aliphatic rings. The lowest BCUT2D eigenvalue weighted by atomic mass is 9.98. The van der Waals surface area contributed by atoms with Gasteiger partial charge in [-0.05, 0) is 78.9 Å². The predicted molar refractivity (Wildman–Crippen MR) is 181 cm³/mol. The maximum atomic E-state index is 15.3. The molecule has 242 valence electrons. The fourth-order valence-corrected chi connectivity index (χ4v) is 4.17. The molecule has 0 bridgehead atoms. The molecule has 0 aliphatic heterocycles. The van der Waals surface area contributed by atoms with Gasteiger partial charge in [0, 0.05) is 22.3 Å². The van der Waals surface area contributed by atoms with Crippen LogP contribution in [0.25, 0.3) is 34.4 Å². The Morgan fingerprint density at radius 3 is 1.56 bits per heavy atom. The van der Waals surface area contributed by atoms with Gasteiger partial charge in [0.15, 0.2) is 23.0 Å². The summed E-state index contributed by atoms with van der Waals surface area (Å²) in [4.78, 5) is 47.2. The van der Waals surface area contributed by atoms with Gasteiger partial charge in [-0.2, -0.15) is 0 Å². The number of benzene rings is 4. The molecule has 0 fully saturated rings. The second-order valence-corrected chi connectivity index (χ2v) is 10.7. The van der Waals surface area contributed by atoms with Crippen molar-refractivity contribution < 1.29 is 42.5 Å². The first-order valence-electron chi connectivity index (χ1n) is 14.5. The lowest BCUT2D eigenvalue weighted by Crippen LogP contribution is -2.12. The van der Waals surface area contributed by atoms with Crippen LogP contribution in [0, 0.1) is 5.82 Å². The molecule has 0 amide bonds. The van der Waals surface area contributed by atoms with E-state index in [1.165, 1.54) is 45.0 Å². The lowest BCUT2D eigenvalue weighted by molar-refractivity contribution is -0.132. The minimum Gasteiger partial charge on any atom is -0.425 e. The maximum Gasteiger partial charge on any atom is 0.338 e. The van der Waals surface area contributed by atoms with E-state index in [1.54, 1.807) is 66.7 Å². The van der Waals surface area contributed by atoms with Crippen LogP contribution in [0.3, 0.4) is 0 Å². The molecular formula is C39H31FO8. The zero-order valence-corrected chi connectivity index (χ0v) is 26.5. The molecule has 0 aromatic heterocycles. The molecule has 4 rings (SSSR count). The molecular weight excluding hydrogens is 615 g/mol. The standard InChI is InChI=1S/C39H31FO8/c1-23(2)37(42)46-33-18-15-30(21-35(33)45-22-41)28-11-13-29(14-12-28)31-16-9-26(19-32(31)40)7-8-27-10-17-34(47-38(43)24(3)4)36(20-27)48-39(44)25(5)6/h7-22H,1,3,5H2,2,4,6H3/b8-7+. The van der Waals surface area contributed by atoms with E-state index in [9.17, 15) is 19.2 Å². The van der Waals surface area contributed by atoms with Crippen LogP contribution < -0.4 is 18.9 Å². The Morgan fingerprint density at radius 1 is 0.562 bits per heavy atom. The van der Waals surface area contributed by atoms with Gasteiger partial charge in [-0.25, -0.2) is 18.8 Å². The zero-order valence-electron chi connectivity index (χ0n) is 26.5.